The van der Waals surface area contributed by atoms with Gasteiger partial charge in [0, 0.05) is 38.1 Å². The molecule has 60 heavy (non-hydrogen) atoms. The number of para-hydroxylation sites is 2. The maximum absolute atomic E-state index is 6.61. The van der Waals surface area contributed by atoms with Crippen LogP contribution in [0.4, 0.5) is 0 Å². The van der Waals surface area contributed by atoms with E-state index in [0.29, 0.717) is 5.95 Å². The Morgan fingerprint density at radius 1 is 0.367 bits per heavy atom. The molecule has 0 aliphatic carbocycles. The summed E-state index contributed by atoms with van der Waals surface area (Å²) in [7, 11) is 0. The van der Waals surface area contributed by atoms with Gasteiger partial charge in [0.15, 0.2) is 0 Å². The number of hydrogen-bond donors (Lipinski definition) is 0. The highest BCUT2D eigenvalue weighted by Crippen LogP contribution is 2.43. The van der Waals surface area contributed by atoms with Crippen LogP contribution in [0.3, 0.4) is 0 Å². The lowest BCUT2D eigenvalue weighted by Crippen LogP contribution is -2.04. The smallest absolute Gasteiger partial charge is 0.235 e. The zero-order chi connectivity index (χ0) is 39.3. The van der Waals surface area contributed by atoms with Crippen LogP contribution in [0.25, 0.3) is 126 Å². The maximum Gasteiger partial charge on any atom is 0.235 e. The number of fused-ring (bicyclic) bond motifs is 11. The van der Waals surface area contributed by atoms with Gasteiger partial charge in [0.1, 0.15) is 11.2 Å². The van der Waals surface area contributed by atoms with Gasteiger partial charge in [0.25, 0.3) is 0 Å². The highest BCUT2D eigenvalue weighted by atomic mass is 16.3. The van der Waals surface area contributed by atoms with E-state index in [9.17, 15) is 0 Å². The molecule has 3 aromatic heterocycles. The SMILES string of the molecule is c1ccc(-c2ccc(-c3nc(-n4c5cc6ccccc6cc5c5cccc(-c6ccc7c(c6)oc6ccc8ccccc8c67)c54)nc4ccccc34)c3ccccc23)cc1. The Balaban J connectivity index is 1.11. The van der Waals surface area contributed by atoms with Gasteiger partial charge < -0.3 is 4.42 Å². The molecule has 0 radical (unpaired) electrons. The quantitative estimate of drug-likeness (QED) is 0.179. The summed E-state index contributed by atoms with van der Waals surface area (Å²) in [6.45, 7) is 0. The minimum atomic E-state index is 0.624. The molecule has 0 fully saturated rings. The third-order valence-corrected chi connectivity index (χ3v) is 12.4. The second-order valence-corrected chi connectivity index (χ2v) is 15.7. The minimum Gasteiger partial charge on any atom is -0.456 e. The average molecular weight is 764 g/mol. The van der Waals surface area contributed by atoms with Gasteiger partial charge in [-0.2, -0.15) is 0 Å². The topological polar surface area (TPSA) is 43.9 Å². The van der Waals surface area contributed by atoms with Gasteiger partial charge in [-0.3, -0.25) is 4.57 Å². The first-order valence-corrected chi connectivity index (χ1v) is 20.4. The summed E-state index contributed by atoms with van der Waals surface area (Å²) in [4.78, 5) is 11.0. The summed E-state index contributed by atoms with van der Waals surface area (Å²) >= 11 is 0. The fourth-order valence-corrected chi connectivity index (χ4v) is 9.65. The highest BCUT2D eigenvalue weighted by molar-refractivity contribution is 6.20. The van der Waals surface area contributed by atoms with Gasteiger partial charge in [0.2, 0.25) is 5.95 Å². The van der Waals surface area contributed by atoms with Crippen LogP contribution in [0.15, 0.2) is 205 Å². The van der Waals surface area contributed by atoms with Crippen LogP contribution in [0.1, 0.15) is 0 Å². The zero-order valence-corrected chi connectivity index (χ0v) is 32.3. The van der Waals surface area contributed by atoms with E-state index in [1.165, 1.54) is 32.7 Å². The van der Waals surface area contributed by atoms with Crippen LogP contribution in [0.2, 0.25) is 0 Å². The van der Waals surface area contributed by atoms with Crippen LogP contribution in [0.5, 0.6) is 0 Å². The Labute approximate surface area is 344 Å². The van der Waals surface area contributed by atoms with Crippen LogP contribution in [-0.2, 0) is 0 Å². The Hall–Kier alpha value is -8.08. The van der Waals surface area contributed by atoms with E-state index in [1.54, 1.807) is 0 Å². The molecule has 0 unspecified atom stereocenters. The molecule has 0 saturated heterocycles. The minimum absolute atomic E-state index is 0.624. The van der Waals surface area contributed by atoms with Gasteiger partial charge in [-0.05, 0) is 85.4 Å². The first kappa shape index (κ1) is 32.9. The molecular formula is C56H33N3O. The van der Waals surface area contributed by atoms with Crippen molar-refractivity contribution in [1.29, 1.82) is 0 Å². The van der Waals surface area contributed by atoms with Crippen LogP contribution < -0.4 is 0 Å². The molecule has 13 rings (SSSR count). The summed E-state index contributed by atoms with van der Waals surface area (Å²) in [5.41, 5.74) is 11.2. The first-order valence-electron chi connectivity index (χ1n) is 20.4. The number of hydrogen-bond acceptors (Lipinski definition) is 3. The Morgan fingerprint density at radius 2 is 1.05 bits per heavy atom. The molecule has 0 N–H and O–H groups in total. The number of furan rings is 1. The van der Waals surface area contributed by atoms with E-state index in [4.69, 9.17) is 14.4 Å². The van der Waals surface area contributed by atoms with Crippen molar-refractivity contribution in [2.24, 2.45) is 0 Å². The van der Waals surface area contributed by atoms with E-state index in [0.717, 1.165) is 87.8 Å². The predicted octanol–water partition coefficient (Wildman–Crippen LogP) is 15.1. The molecule has 13 aromatic rings. The maximum atomic E-state index is 6.61. The molecule has 278 valence electrons. The summed E-state index contributed by atoms with van der Waals surface area (Å²) in [6, 6.07) is 71.4. The summed E-state index contributed by atoms with van der Waals surface area (Å²) < 4.78 is 8.90. The first-order chi connectivity index (χ1) is 29.7. The summed E-state index contributed by atoms with van der Waals surface area (Å²) in [6.07, 6.45) is 0. The lowest BCUT2D eigenvalue weighted by atomic mass is 9.93. The Bertz CT molecular complexity index is 3900. The van der Waals surface area contributed by atoms with Gasteiger partial charge in [-0.1, -0.05) is 164 Å². The summed E-state index contributed by atoms with van der Waals surface area (Å²) in [5.74, 6) is 0.624. The van der Waals surface area contributed by atoms with Gasteiger partial charge in [-0.15, -0.1) is 0 Å². The van der Waals surface area contributed by atoms with Crippen molar-refractivity contribution in [2.75, 3.05) is 0 Å². The van der Waals surface area contributed by atoms with E-state index >= 15 is 0 Å². The molecule has 3 heterocycles. The molecule has 0 amide bonds. The van der Waals surface area contributed by atoms with Crippen molar-refractivity contribution >= 4 is 87.0 Å². The molecule has 0 spiro atoms. The van der Waals surface area contributed by atoms with Crippen LogP contribution >= 0.6 is 0 Å². The number of rotatable bonds is 4. The van der Waals surface area contributed by atoms with Crippen molar-refractivity contribution in [3.05, 3.63) is 200 Å². The van der Waals surface area contributed by atoms with E-state index in [-0.39, 0.29) is 0 Å². The molecule has 4 heteroatoms. The Kier molecular flexibility index (Phi) is 6.98. The average Bonchev–Trinajstić information content (AvgIpc) is 3.85. The number of benzene rings is 10. The predicted molar refractivity (Wildman–Crippen MR) is 250 cm³/mol. The lowest BCUT2D eigenvalue weighted by Gasteiger charge is -2.16. The Morgan fingerprint density at radius 3 is 1.90 bits per heavy atom. The van der Waals surface area contributed by atoms with E-state index in [2.05, 4.69) is 205 Å². The lowest BCUT2D eigenvalue weighted by molar-refractivity contribution is 0.669. The van der Waals surface area contributed by atoms with Crippen molar-refractivity contribution < 1.29 is 4.42 Å². The van der Waals surface area contributed by atoms with Gasteiger partial charge in [-0.25, -0.2) is 9.97 Å². The fraction of sp³-hybridized carbons (Fsp3) is 0. The molecular weight excluding hydrogens is 731 g/mol. The van der Waals surface area contributed by atoms with Crippen LogP contribution in [0, 0.1) is 0 Å². The van der Waals surface area contributed by atoms with Crippen LogP contribution in [-0.4, -0.2) is 14.5 Å². The van der Waals surface area contributed by atoms with Gasteiger partial charge >= 0.3 is 0 Å². The third kappa shape index (κ3) is 4.85. The second kappa shape index (κ2) is 12.7. The molecule has 0 bridgehead atoms. The normalized spacial score (nSPS) is 12.0. The standard InChI is InChI=1S/C56H33N3O/c1-2-13-34(14-3-1)39-28-29-44(43-20-9-8-19-42(39)43)54-46-21-10-11-24-49(46)57-56(58-54)59-50-32-37-17-5-4-16-36(37)31-48(50)45-23-12-22-41(55(45)59)38-25-27-47-52(33-38)60-51-30-26-35-15-6-7-18-40(35)53(47)51/h1-33H. The summed E-state index contributed by atoms with van der Waals surface area (Å²) in [5, 5.41) is 12.6. The van der Waals surface area contributed by atoms with Gasteiger partial charge in [0.05, 0.1) is 22.2 Å². The number of nitrogens with zero attached hydrogens (tertiary/aromatic N) is 3. The largest absolute Gasteiger partial charge is 0.456 e. The van der Waals surface area contributed by atoms with Crippen molar-refractivity contribution in [3.8, 4) is 39.5 Å². The molecule has 0 aliphatic heterocycles. The van der Waals surface area contributed by atoms with E-state index < -0.39 is 0 Å². The van der Waals surface area contributed by atoms with E-state index in [1.807, 2.05) is 0 Å². The highest BCUT2D eigenvalue weighted by Gasteiger charge is 2.22. The zero-order valence-electron chi connectivity index (χ0n) is 32.3. The molecule has 0 saturated carbocycles. The fourth-order valence-electron chi connectivity index (χ4n) is 9.65. The molecule has 10 aromatic carbocycles. The van der Waals surface area contributed by atoms with Crippen molar-refractivity contribution in [3.63, 3.8) is 0 Å². The second-order valence-electron chi connectivity index (χ2n) is 15.7. The van der Waals surface area contributed by atoms with Crippen molar-refractivity contribution in [1.82, 2.24) is 14.5 Å². The molecule has 0 aliphatic rings. The molecule has 4 nitrogen and oxygen atoms in total. The molecule has 0 atom stereocenters. The monoisotopic (exact) mass is 763 g/mol. The van der Waals surface area contributed by atoms with Crippen molar-refractivity contribution in [2.45, 2.75) is 0 Å². The number of aromatic nitrogens is 3. The third-order valence-electron chi connectivity index (χ3n) is 12.4.